The van der Waals surface area contributed by atoms with Crippen LogP contribution in [-0.4, -0.2) is 22.8 Å². The van der Waals surface area contributed by atoms with E-state index in [1.54, 1.807) is 19.2 Å². The van der Waals surface area contributed by atoms with Gasteiger partial charge in [-0.25, -0.2) is 0 Å². The Balaban J connectivity index is 1.76. The Bertz CT molecular complexity index is 1020. The maximum atomic E-state index is 13.0. The fourth-order valence-corrected chi connectivity index (χ4v) is 3.04. The summed E-state index contributed by atoms with van der Waals surface area (Å²) < 4.78 is 5.78. The van der Waals surface area contributed by atoms with E-state index in [9.17, 15) is 14.9 Å². The highest BCUT2D eigenvalue weighted by molar-refractivity contribution is 6.31. The molecule has 3 rings (SSSR count). The predicted octanol–water partition coefficient (Wildman–Crippen LogP) is 5.10. The first-order chi connectivity index (χ1) is 14.0. The largest absolute Gasteiger partial charge is 0.489 e. The second-order valence-electron chi connectivity index (χ2n) is 6.45. The van der Waals surface area contributed by atoms with E-state index >= 15 is 0 Å². The smallest absolute Gasteiger partial charge is 0.269 e. The third kappa shape index (κ3) is 5.12. The second-order valence-corrected chi connectivity index (χ2v) is 6.86. The Morgan fingerprint density at radius 2 is 1.72 bits per heavy atom. The molecule has 0 atom stereocenters. The fourth-order valence-electron chi connectivity index (χ4n) is 2.86. The Hall–Kier alpha value is -3.38. The number of benzene rings is 3. The van der Waals surface area contributed by atoms with Gasteiger partial charge in [-0.3, -0.25) is 14.9 Å². The van der Waals surface area contributed by atoms with E-state index in [-0.39, 0.29) is 24.7 Å². The van der Waals surface area contributed by atoms with Gasteiger partial charge in [0.2, 0.25) is 0 Å². The van der Waals surface area contributed by atoms with Crippen molar-refractivity contribution in [1.82, 2.24) is 4.90 Å². The van der Waals surface area contributed by atoms with Gasteiger partial charge in [0, 0.05) is 41.9 Å². The molecule has 0 fully saturated rings. The van der Waals surface area contributed by atoms with Crippen molar-refractivity contribution in [2.75, 3.05) is 7.05 Å². The third-order valence-electron chi connectivity index (χ3n) is 4.38. The Labute approximate surface area is 173 Å². The van der Waals surface area contributed by atoms with Crippen molar-refractivity contribution in [2.24, 2.45) is 0 Å². The number of para-hydroxylation sites is 1. The quantitative estimate of drug-likeness (QED) is 0.401. The molecule has 7 heteroatoms. The Morgan fingerprint density at radius 1 is 1.03 bits per heavy atom. The van der Waals surface area contributed by atoms with Crippen LogP contribution in [0.4, 0.5) is 5.69 Å². The molecular formula is C22H19ClN2O4. The summed E-state index contributed by atoms with van der Waals surface area (Å²) >= 11 is 6.16. The van der Waals surface area contributed by atoms with E-state index in [1.165, 1.54) is 23.1 Å². The van der Waals surface area contributed by atoms with Crippen LogP contribution in [0.15, 0.2) is 72.8 Å². The number of nitro benzene ring substituents is 1. The molecule has 0 aromatic heterocycles. The summed E-state index contributed by atoms with van der Waals surface area (Å²) in [6.45, 7) is 0.393. The summed E-state index contributed by atoms with van der Waals surface area (Å²) in [7, 11) is 1.63. The van der Waals surface area contributed by atoms with Gasteiger partial charge in [0.1, 0.15) is 12.4 Å². The minimum atomic E-state index is -0.488. The summed E-state index contributed by atoms with van der Waals surface area (Å²) in [4.78, 5) is 25.0. The number of ether oxygens (including phenoxy) is 1. The SMILES string of the molecule is CN(Cc1cc([N+](=O)[O-])ccc1Cl)C(=O)c1ccccc1COc1ccccc1. The van der Waals surface area contributed by atoms with E-state index in [0.717, 1.165) is 5.56 Å². The molecule has 0 saturated heterocycles. The van der Waals surface area contributed by atoms with Crippen LogP contribution in [0.2, 0.25) is 5.02 Å². The molecule has 1 amide bonds. The molecule has 3 aromatic rings. The van der Waals surface area contributed by atoms with Crippen molar-refractivity contribution in [3.8, 4) is 5.75 Å². The van der Waals surface area contributed by atoms with Gasteiger partial charge < -0.3 is 9.64 Å². The molecule has 0 aliphatic carbocycles. The molecular weight excluding hydrogens is 392 g/mol. The van der Waals surface area contributed by atoms with Crippen LogP contribution in [0.1, 0.15) is 21.5 Å². The topological polar surface area (TPSA) is 72.7 Å². The molecule has 148 valence electrons. The maximum absolute atomic E-state index is 13.0. The lowest BCUT2D eigenvalue weighted by atomic mass is 10.1. The minimum Gasteiger partial charge on any atom is -0.489 e. The Kier molecular flexibility index (Phi) is 6.46. The lowest BCUT2D eigenvalue weighted by Gasteiger charge is -2.20. The number of non-ortho nitro benzene ring substituents is 1. The van der Waals surface area contributed by atoms with Gasteiger partial charge in [0.15, 0.2) is 0 Å². The number of hydrogen-bond acceptors (Lipinski definition) is 4. The number of nitrogens with zero attached hydrogens (tertiary/aromatic N) is 2. The number of rotatable bonds is 7. The summed E-state index contributed by atoms with van der Waals surface area (Å²) in [5.74, 6) is 0.492. The minimum absolute atomic E-state index is 0.0677. The zero-order chi connectivity index (χ0) is 20.8. The van der Waals surface area contributed by atoms with Crippen LogP contribution >= 0.6 is 11.6 Å². The van der Waals surface area contributed by atoms with E-state index in [2.05, 4.69) is 0 Å². The first-order valence-electron chi connectivity index (χ1n) is 8.89. The average Bonchev–Trinajstić information content (AvgIpc) is 2.74. The molecule has 3 aromatic carbocycles. The molecule has 0 N–H and O–H groups in total. The molecule has 0 unspecified atom stereocenters. The Morgan fingerprint density at radius 3 is 2.45 bits per heavy atom. The number of halogens is 1. The molecule has 0 bridgehead atoms. The highest BCUT2D eigenvalue weighted by atomic mass is 35.5. The van der Waals surface area contributed by atoms with Crippen molar-refractivity contribution in [2.45, 2.75) is 13.2 Å². The number of hydrogen-bond donors (Lipinski definition) is 0. The summed E-state index contributed by atoms with van der Waals surface area (Å²) in [6, 6.07) is 20.7. The fraction of sp³-hybridized carbons (Fsp3) is 0.136. The molecule has 0 radical (unpaired) electrons. The monoisotopic (exact) mass is 410 g/mol. The van der Waals surface area contributed by atoms with Gasteiger partial charge in [-0.15, -0.1) is 0 Å². The van der Waals surface area contributed by atoms with Crippen LogP contribution in [0.3, 0.4) is 0 Å². The van der Waals surface area contributed by atoms with Gasteiger partial charge in [-0.05, 0) is 29.8 Å². The van der Waals surface area contributed by atoms with Crippen LogP contribution in [-0.2, 0) is 13.2 Å². The van der Waals surface area contributed by atoms with Crippen molar-refractivity contribution in [3.05, 3.63) is 105 Å². The van der Waals surface area contributed by atoms with Gasteiger partial charge in [0.25, 0.3) is 11.6 Å². The average molecular weight is 411 g/mol. The van der Waals surface area contributed by atoms with Gasteiger partial charge in [-0.1, -0.05) is 48.0 Å². The van der Waals surface area contributed by atoms with Gasteiger partial charge in [0.05, 0.1) is 4.92 Å². The van der Waals surface area contributed by atoms with E-state index in [0.29, 0.717) is 21.9 Å². The summed E-state index contributed by atoms with van der Waals surface area (Å²) in [6.07, 6.45) is 0. The zero-order valence-corrected chi connectivity index (χ0v) is 16.5. The van der Waals surface area contributed by atoms with Crippen molar-refractivity contribution in [3.63, 3.8) is 0 Å². The van der Waals surface area contributed by atoms with Gasteiger partial charge >= 0.3 is 0 Å². The number of carbonyl (C=O) groups excluding carboxylic acids is 1. The summed E-state index contributed by atoms with van der Waals surface area (Å²) in [5.41, 5.74) is 1.70. The van der Waals surface area contributed by atoms with E-state index in [4.69, 9.17) is 16.3 Å². The van der Waals surface area contributed by atoms with Crippen LogP contribution in [0, 0.1) is 10.1 Å². The van der Waals surface area contributed by atoms with Gasteiger partial charge in [-0.2, -0.15) is 0 Å². The lowest BCUT2D eigenvalue weighted by molar-refractivity contribution is -0.384. The molecule has 0 heterocycles. The van der Waals surface area contributed by atoms with Crippen molar-refractivity contribution >= 4 is 23.2 Å². The van der Waals surface area contributed by atoms with E-state index < -0.39 is 4.92 Å². The molecule has 0 saturated carbocycles. The standard InChI is InChI=1S/C22H19ClN2O4/c1-24(14-17-13-18(25(27)28)11-12-21(17)23)22(26)20-10-6-5-7-16(20)15-29-19-8-3-2-4-9-19/h2-13H,14-15H2,1H3. The van der Waals surface area contributed by atoms with E-state index in [1.807, 2.05) is 42.5 Å². The van der Waals surface area contributed by atoms with Crippen molar-refractivity contribution < 1.29 is 14.5 Å². The first kappa shape index (κ1) is 20.4. The number of nitro groups is 1. The van der Waals surface area contributed by atoms with Crippen LogP contribution < -0.4 is 4.74 Å². The maximum Gasteiger partial charge on any atom is 0.269 e. The highest BCUT2D eigenvalue weighted by Gasteiger charge is 2.18. The molecule has 0 spiro atoms. The zero-order valence-electron chi connectivity index (χ0n) is 15.7. The number of carbonyl (C=O) groups is 1. The molecule has 29 heavy (non-hydrogen) atoms. The highest BCUT2D eigenvalue weighted by Crippen LogP contribution is 2.24. The molecule has 0 aliphatic rings. The summed E-state index contributed by atoms with van der Waals surface area (Å²) in [5, 5.41) is 11.4. The van der Waals surface area contributed by atoms with Crippen LogP contribution in [0.25, 0.3) is 0 Å². The molecule has 6 nitrogen and oxygen atoms in total. The number of amides is 1. The lowest BCUT2D eigenvalue weighted by Crippen LogP contribution is -2.27. The normalized spacial score (nSPS) is 10.4. The van der Waals surface area contributed by atoms with Crippen LogP contribution in [0.5, 0.6) is 5.75 Å². The molecule has 0 aliphatic heterocycles. The third-order valence-corrected chi connectivity index (χ3v) is 4.75. The first-order valence-corrected chi connectivity index (χ1v) is 9.27. The predicted molar refractivity (Wildman–Crippen MR) is 111 cm³/mol. The van der Waals surface area contributed by atoms with Crippen molar-refractivity contribution in [1.29, 1.82) is 0 Å². The second kappa shape index (κ2) is 9.21.